The van der Waals surface area contributed by atoms with Crippen LogP contribution in [0.15, 0.2) is 12.3 Å². The average Bonchev–Trinajstić information content (AvgIpc) is 3.29. The van der Waals surface area contributed by atoms with E-state index >= 15 is 0 Å². The van der Waals surface area contributed by atoms with E-state index in [0.717, 1.165) is 36.7 Å². The molecule has 0 aliphatic heterocycles. The van der Waals surface area contributed by atoms with Gasteiger partial charge in [-0.25, -0.2) is 0 Å². The van der Waals surface area contributed by atoms with Gasteiger partial charge in [0.1, 0.15) is 0 Å². The Morgan fingerprint density at radius 2 is 1.97 bits per heavy atom. The molecule has 180 valence electrons. The number of fused-ring (bicyclic) bond motifs is 3. The maximum Gasteiger partial charge on any atom is 0.435 e. The summed E-state index contributed by atoms with van der Waals surface area (Å²) in [4.78, 5) is 13.4. The maximum atomic E-state index is 13.4. The van der Waals surface area contributed by atoms with Gasteiger partial charge >= 0.3 is 6.18 Å². The molecule has 8 unspecified atom stereocenters. The number of ketones is 1. The van der Waals surface area contributed by atoms with E-state index in [2.05, 4.69) is 32.8 Å². The summed E-state index contributed by atoms with van der Waals surface area (Å²) in [7, 11) is 0. The minimum atomic E-state index is -4.48. The third-order valence-corrected chi connectivity index (χ3v) is 9.60. The molecule has 32 heavy (non-hydrogen) atoms. The van der Waals surface area contributed by atoms with Crippen LogP contribution >= 0.6 is 0 Å². The van der Waals surface area contributed by atoms with Crippen LogP contribution in [0.2, 0.25) is 0 Å². The lowest BCUT2D eigenvalue weighted by Crippen LogP contribution is -2.48. The van der Waals surface area contributed by atoms with Crippen molar-refractivity contribution in [3.8, 4) is 0 Å². The lowest BCUT2D eigenvalue weighted by atomic mass is 9.50. The highest BCUT2D eigenvalue weighted by Crippen LogP contribution is 2.65. The largest absolute Gasteiger partial charge is 0.435 e. The van der Waals surface area contributed by atoms with Crippen LogP contribution in [0.4, 0.5) is 13.2 Å². The second kappa shape index (κ2) is 8.79. The predicted octanol–water partition coefficient (Wildman–Crippen LogP) is 7.01. The van der Waals surface area contributed by atoms with E-state index in [-0.39, 0.29) is 29.6 Å². The number of hydrogen-bond acceptors (Lipinski definition) is 2. The second-order valence-corrected chi connectivity index (χ2v) is 11.2. The minimum absolute atomic E-state index is 0.0342. The molecule has 1 aromatic heterocycles. The van der Waals surface area contributed by atoms with E-state index in [1.807, 2.05) is 0 Å². The normalized spacial score (nSPS) is 39.5. The Bertz CT molecular complexity index is 818. The zero-order chi connectivity index (χ0) is 23.3. The summed E-state index contributed by atoms with van der Waals surface area (Å²) in [5.41, 5.74) is -0.961. The van der Waals surface area contributed by atoms with Gasteiger partial charge in [-0.2, -0.15) is 18.3 Å². The summed E-state index contributed by atoms with van der Waals surface area (Å²) in [6, 6.07) is 0.959. The van der Waals surface area contributed by atoms with Crippen molar-refractivity contribution in [3.05, 3.63) is 18.0 Å². The standard InChI is InChI=1S/C26H39F3N2O/c1-5-7-18-17(6-2)8-9-20-19(18)10-12-25(4)21(20)14-16(3)24(25)22(32)15-31-13-11-23(30-31)26(27,28)29/h11,13,16-21,24H,5-10,12,14-15H2,1-4H3. The summed E-state index contributed by atoms with van der Waals surface area (Å²) < 4.78 is 39.9. The van der Waals surface area contributed by atoms with Crippen molar-refractivity contribution in [2.75, 3.05) is 0 Å². The highest BCUT2D eigenvalue weighted by Gasteiger charge is 2.60. The molecule has 3 nitrogen and oxygen atoms in total. The topological polar surface area (TPSA) is 34.9 Å². The van der Waals surface area contributed by atoms with Crippen LogP contribution in [0.5, 0.6) is 0 Å². The Kier molecular flexibility index (Phi) is 6.54. The molecular formula is C26H39F3N2O. The zero-order valence-corrected chi connectivity index (χ0v) is 20.0. The lowest BCUT2D eigenvalue weighted by Gasteiger charge is -2.54. The smallest absolute Gasteiger partial charge is 0.297 e. The quantitative estimate of drug-likeness (QED) is 0.465. The molecule has 1 aromatic rings. The van der Waals surface area contributed by atoms with Gasteiger partial charge in [-0.1, -0.05) is 47.0 Å². The van der Waals surface area contributed by atoms with Crippen LogP contribution in [0.3, 0.4) is 0 Å². The molecule has 1 heterocycles. The van der Waals surface area contributed by atoms with E-state index < -0.39 is 11.9 Å². The van der Waals surface area contributed by atoms with Gasteiger partial charge in [0.15, 0.2) is 11.5 Å². The van der Waals surface area contributed by atoms with Gasteiger partial charge in [0.25, 0.3) is 0 Å². The van der Waals surface area contributed by atoms with Gasteiger partial charge < -0.3 is 0 Å². The number of hydrogen-bond donors (Lipinski definition) is 0. The van der Waals surface area contributed by atoms with Crippen LogP contribution in [-0.2, 0) is 17.5 Å². The Labute approximate surface area is 190 Å². The predicted molar refractivity (Wildman–Crippen MR) is 119 cm³/mol. The Morgan fingerprint density at radius 1 is 1.22 bits per heavy atom. The van der Waals surface area contributed by atoms with Crippen molar-refractivity contribution in [3.63, 3.8) is 0 Å². The van der Waals surface area contributed by atoms with Crippen molar-refractivity contribution >= 4 is 5.78 Å². The first kappa shape index (κ1) is 23.8. The molecule has 0 spiro atoms. The van der Waals surface area contributed by atoms with E-state index in [1.165, 1.54) is 49.4 Å². The summed E-state index contributed by atoms with van der Waals surface area (Å²) >= 11 is 0. The third kappa shape index (κ3) is 4.04. The monoisotopic (exact) mass is 452 g/mol. The number of nitrogens with zero attached hydrogens (tertiary/aromatic N) is 2. The van der Waals surface area contributed by atoms with Gasteiger partial charge in [-0.3, -0.25) is 9.48 Å². The van der Waals surface area contributed by atoms with Crippen molar-refractivity contribution in [1.82, 2.24) is 9.78 Å². The van der Waals surface area contributed by atoms with Gasteiger partial charge in [-0.05, 0) is 79.1 Å². The van der Waals surface area contributed by atoms with Crippen molar-refractivity contribution < 1.29 is 18.0 Å². The Hall–Kier alpha value is -1.33. The molecule has 6 heteroatoms. The van der Waals surface area contributed by atoms with Crippen LogP contribution < -0.4 is 0 Å². The van der Waals surface area contributed by atoms with E-state index in [9.17, 15) is 18.0 Å². The van der Waals surface area contributed by atoms with Crippen molar-refractivity contribution in [2.24, 2.45) is 46.8 Å². The molecule has 3 saturated carbocycles. The van der Waals surface area contributed by atoms with E-state index in [0.29, 0.717) is 11.8 Å². The fourth-order valence-corrected chi connectivity index (χ4v) is 8.43. The molecule has 0 N–H and O–H groups in total. The first-order chi connectivity index (χ1) is 15.1. The van der Waals surface area contributed by atoms with Gasteiger partial charge in [0, 0.05) is 12.1 Å². The maximum absolute atomic E-state index is 13.4. The molecule has 3 aliphatic rings. The zero-order valence-electron chi connectivity index (χ0n) is 20.0. The molecular weight excluding hydrogens is 413 g/mol. The van der Waals surface area contributed by atoms with E-state index in [4.69, 9.17) is 0 Å². The van der Waals surface area contributed by atoms with Crippen molar-refractivity contribution in [1.29, 1.82) is 0 Å². The summed E-state index contributed by atoms with van der Waals surface area (Å²) in [5, 5.41) is 3.63. The summed E-state index contributed by atoms with van der Waals surface area (Å²) in [6.45, 7) is 9.08. The molecule has 0 saturated heterocycles. The third-order valence-electron chi connectivity index (χ3n) is 9.60. The number of aromatic nitrogens is 2. The fraction of sp³-hybridized carbons (Fsp3) is 0.846. The first-order valence-corrected chi connectivity index (χ1v) is 12.7. The van der Waals surface area contributed by atoms with Gasteiger partial charge in [0.05, 0.1) is 6.54 Å². The number of alkyl halides is 3. The van der Waals surface area contributed by atoms with Crippen LogP contribution in [0, 0.1) is 46.8 Å². The van der Waals surface area contributed by atoms with Gasteiger partial charge in [0.2, 0.25) is 0 Å². The van der Waals surface area contributed by atoms with Crippen molar-refractivity contribution in [2.45, 2.75) is 91.8 Å². The first-order valence-electron chi connectivity index (χ1n) is 12.7. The highest BCUT2D eigenvalue weighted by molar-refractivity contribution is 5.82. The number of halogens is 3. The summed E-state index contributed by atoms with van der Waals surface area (Å²) in [6.07, 6.45) is 6.61. The molecule has 0 aromatic carbocycles. The number of Topliss-reactive ketones (excluding diaryl/α,β-unsaturated/α-hetero) is 1. The number of carbonyl (C=O) groups is 1. The van der Waals surface area contributed by atoms with E-state index in [1.54, 1.807) is 0 Å². The second-order valence-electron chi connectivity index (χ2n) is 11.2. The van der Waals surface area contributed by atoms with Crippen LogP contribution in [0.25, 0.3) is 0 Å². The minimum Gasteiger partial charge on any atom is -0.297 e. The molecule has 0 bridgehead atoms. The Morgan fingerprint density at radius 3 is 2.59 bits per heavy atom. The SMILES string of the molecule is CCCC1C(CC)CCC2C1CCC1(C)C2CC(C)C1C(=O)Cn1ccc(C(F)(F)F)n1. The Balaban J connectivity index is 1.52. The highest BCUT2D eigenvalue weighted by atomic mass is 19.4. The number of carbonyl (C=O) groups excluding carboxylic acids is 1. The fourth-order valence-electron chi connectivity index (χ4n) is 8.43. The molecule has 3 fully saturated rings. The van der Waals surface area contributed by atoms with Crippen LogP contribution in [-0.4, -0.2) is 15.6 Å². The summed E-state index contributed by atoms with van der Waals surface area (Å²) in [5.74, 6) is 3.98. The van der Waals surface area contributed by atoms with Crippen LogP contribution in [0.1, 0.15) is 84.8 Å². The molecule has 4 rings (SSSR count). The molecule has 0 radical (unpaired) electrons. The average molecular weight is 453 g/mol. The molecule has 3 aliphatic carbocycles. The number of rotatable bonds is 6. The molecule has 8 atom stereocenters. The van der Waals surface area contributed by atoms with Gasteiger partial charge in [-0.15, -0.1) is 0 Å². The molecule has 0 amide bonds. The lowest BCUT2D eigenvalue weighted by molar-refractivity contribution is -0.142.